The van der Waals surface area contributed by atoms with Gasteiger partial charge in [-0.15, -0.1) is 0 Å². The van der Waals surface area contributed by atoms with Crippen molar-refractivity contribution in [1.82, 2.24) is 19.8 Å². The zero-order valence-corrected chi connectivity index (χ0v) is 11.0. The third-order valence-corrected chi connectivity index (χ3v) is 3.20. The Hall–Kier alpha value is -0.870. The van der Waals surface area contributed by atoms with Gasteiger partial charge in [-0.25, -0.2) is 4.98 Å². The summed E-state index contributed by atoms with van der Waals surface area (Å²) in [6.07, 6.45) is 5.22. The van der Waals surface area contributed by atoms with Gasteiger partial charge in [-0.1, -0.05) is 13.8 Å². The number of fused-ring (bicyclic) bond motifs is 1. The SMILES string of the molecule is CC(C)CNCCCN1CCn2ccnc2C1. The summed E-state index contributed by atoms with van der Waals surface area (Å²) in [6, 6.07) is 0. The second kappa shape index (κ2) is 6.17. The number of rotatable bonds is 6. The van der Waals surface area contributed by atoms with E-state index < -0.39 is 0 Å². The number of nitrogens with zero attached hydrogens (tertiary/aromatic N) is 3. The average Bonchev–Trinajstić information content (AvgIpc) is 2.75. The van der Waals surface area contributed by atoms with Crippen LogP contribution in [-0.4, -0.2) is 40.6 Å². The van der Waals surface area contributed by atoms with Crippen LogP contribution in [0.4, 0.5) is 0 Å². The fourth-order valence-electron chi connectivity index (χ4n) is 2.23. The second-order valence-corrected chi connectivity index (χ2v) is 5.26. The summed E-state index contributed by atoms with van der Waals surface area (Å²) in [4.78, 5) is 6.88. The van der Waals surface area contributed by atoms with Crippen molar-refractivity contribution in [1.29, 1.82) is 0 Å². The maximum atomic E-state index is 4.38. The van der Waals surface area contributed by atoms with E-state index >= 15 is 0 Å². The standard InChI is InChI=1S/C13H24N4/c1-12(2)10-14-4-3-6-16-8-9-17-7-5-15-13(17)11-16/h5,7,12,14H,3-4,6,8-11H2,1-2H3. The lowest BCUT2D eigenvalue weighted by Gasteiger charge is -2.27. The lowest BCUT2D eigenvalue weighted by Crippen LogP contribution is -2.35. The first-order valence-electron chi connectivity index (χ1n) is 6.69. The fraction of sp³-hybridized carbons (Fsp3) is 0.769. The fourth-order valence-corrected chi connectivity index (χ4v) is 2.23. The summed E-state index contributed by atoms with van der Waals surface area (Å²) in [5.74, 6) is 1.96. The van der Waals surface area contributed by atoms with Crippen molar-refractivity contribution in [2.75, 3.05) is 26.2 Å². The van der Waals surface area contributed by atoms with E-state index in [0.29, 0.717) is 0 Å². The summed E-state index contributed by atoms with van der Waals surface area (Å²) in [7, 11) is 0. The van der Waals surface area contributed by atoms with Gasteiger partial charge in [-0.3, -0.25) is 4.90 Å². The summed E-state index contributed by atoms with van der Waals surface area (Å²) in [6.45, 7) is 11.2. The molecule has 0 fully saturated rings. The molecular formula is C13H24N4. The van der Waals surface area contributed by atoms with Crippen LogP contribution < -0.4 is 5.32 Å². The van der Waals surface area contributed by atoms with Crippen LogP contribution in [0.25, 0.3) is 0 Å². The molecule has 17 heavy (non-hydrogen) atoms. The van der Waals surface area contributed by atoms with Crippen LogP contribution in [0.5, 0.6) is 0 Å². The van der Waals surface area contributed by atoms with Gasteiger partial charge < -0.3 is 9.88 Å². The molecule has 0 spiro atoms. The topological polar surface area (TPSA) is 33.1 Å². The molecule has 4 heteroatoms. The number of hydrogen-bond acceptors (Lipinski definition) is 3. The van der Waals surface area contributed by atoms with E-state index in [1.54, 1.807) is 0 Å². The van der Waals surface area contributed by atoms with Crippen LogP contribution >= 0.6 is 0 Å². The molecule has 1 N–H and O–H groups in total. The van der Waals surface area contributed by atoms with Gasteiger partial charge in [0.05, 0.1) is 6.54 Å². The van der Waals surface area contributed by atoms with E-state index in [1.807, 2.05) is 6.20 Å². The molecule has 1 aliphatic rings. The largest absolute Gasteiger partial charge is 0.333 e. The highest BCUT2D eigenvalue weighted by atomic mass is 15.2. The number of hydrogen-bond donors (Lipinski definition) is 1. The van der Waals surface area contributed by atoms with Gasteiger partial charge in [0.25, 0.3) is 0 Å². The Morgan fingerprint density at radius 1 is 1.41 bits per heavy atom. The maximum Gasteiger partial charge on any atom is 0.122 e. The highest BCUT2D eigenvalue weighted by Gasteiger charge is 2.15. The number of nitrogens with one attached hydrogen (secondary N) is 1. The first kappa shape index (κ1) is 12.6. The smallest absolute Gasteiger partial charge is 0.122 e. The first-order chi connectivity index (χ1) is 8.25. The lowest BCUT2D eigenvalue weighted by molar-refractivity contribution is 0.214. The molecule has 0 aliphatic carbocycles. The van der Waals surface area contributed by atoms with Crippen LogP contribution in [0.1, 0.15) is 26.1 Å². The molecule has 1 aromatic heterocycles. The Morgan fingerprint density at radius 3 is 3.12 bits per heavy atom. The Balaban J connectivity index is 1.62. The molecular weight excluding hydrogens is 212 g/mol. The molecule has 0 radical (unpaired) electrons. The predicted octanol–water partition coefficient (Wildman–Crippen LogP) is 1.33. The van der Waals surface area contributed by atoms with E-state index in [4.69, 9.17) is 0 Å². The molecule has 0 unspecified atom stereocenters. The molecule has 96 valence electrons. The van der Waals surface area contributed by atoms with Gasteiger partial charge in [0.1, 0.15) is 5.82 Å². The Labute approximate surface area is 104 Å². The van der Waals surface area contributed by atoms with Gasteiger partial charge >= 0.3 is 0 Å². The van der Waals surface area contributed by atoms with Crippen molar-refractivity contribution in [3.05, 3.63) is 18.2 Å². The van der Waals surface area contributed by atoms with Gasteiger partial charge in [-0.2, -0.15) is 0 Å². The van der Waals surface area contributed by atoms with E-state index in [-0.39, 0.29) is 0 Å². The van der Waals surface area contributed by atoms with Gasteiger partial charge in [-0.05, 0) is 32.0 Å². The molecule has 2 heterocycles. The van der Waals surface area contributed by atoms with Gasteiger partial charge in [0.15, 0.2) is 0 Å². The van der Waals surface area contributed by atoms with E-state index in [1.165, 1.54) is 18.8 Å². The zero-order valence-electron chi connectivity index (χ0n) is 11.0. The van der Waals surface area contributed by atoms with Crippen LogP contribution in [0.15, 0.2) is 12.4 Å². The van der Waals surface area contributed by atoms with Crippen LogP contribution in [0.3, 0.4) is 0 Å². The first-order valence-corrected chi connectivity index (χ1v) is 6.69. The third-order valence-electron chi connectivity index (χ3n) is 3.20. The number of aromatic nitrogens is 2. The van der Waals surface area contributed by atoms with Crippen LogP contribution in [-0.2, 0) is 13.1 Å². The molecule has 0 saturated heterocycles. The van der Waals surface area contributed by atoms with Crippen molar-refractivity contribution in [3.63, 3.8) is 0 Å². The molecule has 0 atom stereocenters. The zero-order chi connectivity index (χ0) is 12.1. The molecule has 0 aromatic carbocycles. The molecule has 1 aliphatic heterocycles. The highest BCUT2D eigenvalue weighted by Crippen LogP contribution is 2.09. The van der Waals surface area contributed by atoms with E-state index in [9.17, 15) is 0 Å². The maximum absolute atomic E-state index is 4.38. The van der Waals surface area contributed by atoms with Gasteiger partial charge in [0, 0.05) is 25.5 Å². The molecule has 4 nitrogen and oxygen atoms in total. The van der Waals surface area contributed by atoms with Crippen molar-refractivity contribution in [2.24, 2.45) is 5.92 Å². The van der Waals surface area contributed by atoms with Crippen LogP contribution in [0.2, 0.25) is 0 Å². The quantitative estimate of drug-likeness (QED) is 0.757. The van der Waals surface area contributed by atoms with E-state index in [2.05, 4.69) is 39.8 Å². The Kier molecular flexibility index (Phi) is 4.57. The van der Waals surface area contributed by atoms with Crippen molar-refractivity contribution in [3.8, 4) is 0 Å². The minimum absolute atomic E-state index is 0.748. The molecule has 1 aromatic rings. The Morgan fingerprint density at radius 2 is 2.29 bits per heavy atom. The molecule has 2 rings (SSSR count). The number of imidazole rings is 1. The third kappa shape index (κ3) is 3.82. The monoisotopic (exact) mass is 236 g/mol. The predicted molar refractivity (Wildman–Crippen MR) is 69.8 cm³/mol. The Bertz CT molecular complexity index is 332. The molecule has 0 bridgehead atoms. The van der Waals surface area contributed by atoms with Crippen molar-refractivity contribution >= 4 is 0 Å². The minimum Gasteiger partial charge on any atom is -0.333 e. The summed E-state index contributed by atoms with van der Waals surface area (Å²) < 4.78 is 2.26. The van der Waals surface area contributed by atoms with E-state index in [0.717, 1.165) is 38.6 Å². The highest BCUT2D eigenvalue weighted by molar-refractivity contribution is 4.95. The summed E-state index contributed by atoms with van der Waals surface area (Å²) in [5.41, 5.74) is 0. The van der Waals surface area contributed by atoms with Crippen LogP contribution in [0, 0.1) is 5.92 Å². The second-order valence-electron chi connectivity index (χ2n) is 5.26. The normalized spacial score (nSPS) is 16.4. The molecule has 0 amide bonds. The van der Waals surface area contributed by atoms with Gasteiger partial charge in [0.2, 0.25) is 0 Å². The average molecular weight is 236 g/mol. The lowest BCUT2D eigenvalue weighted by atomic mass is 10.2. The summed E-state index contributed by atoms with van der Waals surface area (Å²) >= 11 is 0. The summed E-state index contributed by atoms with van der Waals surface area (Å²) in [5, 5.41) is 3.49. The van der Waals surface area contributed by atoms with Crippen molar-refractivity contribution < 1.29 is 0 Å². The minimum atomic E-state index is 0.748. The van der Waals surface area contributed by atoms with Crippen molar-refractivity contribution in [2.45, 2.75) is 33.4 Å². The molecule has 0 saturated carbocycles.